The maximum atomic E-state index is 13.4. The van der Waals surface area contributed by atoms with E-state index >= 15 is 0 Å². The molecule has 0 aromatic heterocycles. The van der Waals surface area contributed by atoms with Gasteiger partial charge in [-0.25, -0.2) is 8.42 Å². The minimum atomic E-state index is -3.87. The first-order valence-corrected chi connectivity index (χ1v) is 11.5. The summed E-state index contributed by atoms with van der Waals surface area (Å²) in [5.74, 6) is -0.00749. The van der Waals surface area contributed by atoms with Crippen LogP contribution >= 0.6 is 0 Å². The molecule has 0 aliphatic carbocycles. The lowest BCUT2D eigenvalue weighted by molar-refractivity contribution is -0.128. The molecule has 0 saturated carbocycles. The molecule has 2 unspecified atom stereocenters. The molecule has 0 saturated heterocycles. The van der Waals surface area contributed by atoms with Crippen LogP contribution in [-0.4, -0.2) is 27.0 Å². The van der Waals surface area contributed by atoms with Gasteiger partial charge in [0.25, 0.3) is 15.9 Å². The standard InChI is InChI=1S/C24H24N2O4S/c1-17-12-14-20(15-13-17)31(28,29)26-16-23(30-22-11-7-6-10-21(22)26)24(27)25-18(2)19-8-4-3-5-9-19/h3-15,18,23H,16H2,1-2H3,(H,25,27). The molecule has 0 fully saturated rings. The van der Waals surface area contributed by atoms with E-state index < -0.39 is 16.1 Å². The van der Waals surface area contributed by atoms with Crippen LogP contribution in [-0.2, 0) is 14.8 Å². The Morgan fingerprint density at radius 2 is 1.65 bits per heavy atom. The Morgan fingerprint density at radius 3 is 2.35 bits per heavy atom. The van der Waals surface area contributed by atoms with Gasteiger partial charge in [-0.05, 0) is 43.7 Å². The van der Waals surface area contributed by atoms with Crippen LogP contribution in [0.5, 0.6) is 5.75 Å². The second kappa shape index (κ2) is 8.43. The van der Waals surface area contributed by atoms with Crippen LogP contribution in [0.4, 0.5) is 5.69 Å². The van der Waals surface area contributed by atoms with Crippen molar-refractivity contribution in [2.45, 2.75) is 30.9 Å². The largest absolute Gasteiger partial charge is 0.476 e. The van der Waals surface area contributed by atoms with Crippen molar-refractivity contribution in [1.29, 1.82) is 0 Å². The van der Waals surface area contributed by atoms with Crippen LogP contribution in [0.2, 0.25) is 0 Å². The molecule has 160 valence electrons. The summed E-state index contributed by atoms with van der Waals surface area (Å²) in [6, 6.07) is 22.9. The third-order valence-electron chi connectivity index (χ3n) is 5.29. The summed E-state index contributed by atoms with van der Waals surface area (Å²) in [7, 11) is -3.87. The lowest BCUT2D eigenvalue weighted by atomic mass is 10.1. The first kappa shape index (κ1) is 20.9. The summed E-state index contributed by atoms with van der Waals surface area (Å²) in [4.78, 5) is 13.2. The monoisotopic (exact) mass is 436 g/mol. The van der Waals surface area contributed by atoms with E-state index in [0.717, 1.165) is 11.1 Å². The van der Waals surface area contributed by atoms with Crippen molar-refractivity contribution in [1.82, 2.24) is 5.32 Å². The number of rotatable bonds is 5. The smallest absolute Gasteiger partial charge is 0.264 e. The molecule has 0 spiro atoms. The fourth-order valence-electron chi connectivity index (χ4n) is 3.54. The Balaban J connectivity index is 1.63. The minimum absolute atomic E-state index is 0.111. The van der Waals surface area contributed by atoms with Crippen molar-refractivity contribution in [3.05, 3.63) is 90.0 Å². The fraction of sp³-hybridized carbons (Fsp3) is 0.208. The minimum Gasteiger partial charge on any atom is -0.476 e. The molecule has 1 N–H and O–H groups in total. The number of carbonyl (C=O) groups excluding carboxylic acids is 1. The number of nitrogens with one attached hydrogen (secondary N) is 1. The number of fused-ring (bicyclic) bond motifs is 1. The molecule has 1 aliphatic rings. The van der Waals surface area contributed by atoms with Crippen molar-refractivity contribution in [2.75, 3.05) is 10.8 Å². The van der Waals surface area contributed by atoms with E-state index in [1.54, 1.807) is 48.5 Å². The van der Waals surface area contributed by atoms with E-state index in [4.69, 9.17) is 4.74 Å². The van der Waals surface area contributed by atoms with Gasteiger partial charge in [-0.3, -0.25) is 9.10 Å². The van der Waals surface area contributed by atoms with E-state index in [1.165, 1.54) is 4.31 Å². The van der Waals surface area contributed by atoms with Crippen LogP contribution in [0.25, 0.3) is 0 Å². The van der Waals surface area contributed by atoms with Gasteiger partial charge in [-0.1, -0.05) is 60.2 Å². The van der Waals surface area contributed by atoms with Crippen molar-refractivity contribution >= 4 is 21.6 Å². The van der Waals surface area contributed by atoms with E-state index in [9.17, 15) is 13.2 Å². The quantitative estimate of drug-likeness (QED) is 0.660. The summed E-state index contributed by atoms with van der Waals surface area (Å²) in [5, 5.41) is 2.93. The maximum Gasteiger partial charge on any atom is 0.264 e. The van der Waals surface area contributed by atoms with Crippen molar-refractivity contribution in [3.8, 4) is 5.75 Å². The number of hydrogen-bond acceptors (Lipinski definition) is 4. The van der Waals surface area contributed by atoms with Crippen molar-refractivity contribution in [3.63, 3.8) is 0 Å². The van der Waals surface area contributed by atoms with Gasteiger partial charge in [-0.15, -0.1) is 0 Å². The first-order chi connectivity index (χ1) is 14.9. The van der Waals surface area contributed by atoms with E-state index in [2.05, 4.69) is 5.32 Å². The average molecular weight is 437 g/mol. The molecule has 0 radical (unpaired) electrons. The van der Waals surface area contributed by atoms with Gasteiger partial charge in [0.2, 0.25) is 0 Å². The summed E-state index contributed by atoms with van der Waals surface area (Å²) in [6.07, 6.45) is -0.971. The molecule has 4 rings (SSSR count). The van der Waals surface area contributed by atoms with E-state index in [-0.39, 0.29) is 23.4 Å². The topological polar surface area (TPSA) is 75.7 Å². The predicted octanol–water partition coefficient (Wildman–Crippen LogP) is 3.83. The molecular formula is C24H24N2O4S. The molecule has 3 aromatic rings. The lowest BCUT2D eigenvalue weighted by Gasteiger charge is -2.35. The SMILES string of the molecule is Cc1ccc(S(=O)(=O)N2CC(C(=O)NC(C)c3ccccc3)Oc3ccccc32)cc1. The van der Waals surface area contributed by atoms with Gasteiger partial charge < -0.3 is 10.1 Å². The highest BCUT2D eigenvalue weighted by Gasteiger charge is 2.37. The molecule has 1 aliphatic heterocycles. The third kappa shape index (κ3) is 4.27. The zero-order valence-corrected chi connectivity index (χ0v) is 18.2. The molecule has 2 atom stereocenters. The summed E-state index contributed by atoms with van der Waals surface area (Å²) >= 11 is 0. The normalized spacial score (nSPS) is 16.7. The van der Waals surface area contributed by atoms with Crippen LogP contribution in [0, 0.1) is 6.92 Å². The first-order valence-electron chi connectivity index (χ1n) is 10.1. The number of carbonyl (C=O) groups is 1. The molecule has 7 heteroatoms. The number of anilines is 1. The van der Waals surface area contributed by atoms with Crippen LogP contribution in [0.3, 0.4) is 0 Å². The number of benzene rings is 3. The molecule has 31 heavy (non-hydrogen) atoms. The predicted molar refractivity (Wildman–Crippen MR) is 120 cm³/mol. The summed E-state index contributed by atoms with van der Waals surface area (Å²) < 4.78 is 34.0. The second-order valence-electron chi connectivity index (χ2n) is 7.56. The number of para-hydroxylation sites is 2. The number of hydrogen-bond donors (Lipinski definition) is 1. The van der Waals surface area contributed by atoms with Crippen LogP contribution in [0.15, 0.2) is 83.8 Å². The summed E-state index contributed by atoms with van der Waals surface area (Å²) in [6.45, 7) is 3.67. The van der Waals surface area contributed by atoms with Gasteiger partial charge in [0.05, 0.1) is 23.2 Å². The lowest BCUT2D eigenvalue weighted by Crippen LogP contribution is -2.51. The molecule has 1 heterocycles. The number of sulfonamides is 1. The number of nitrogens with zero attached hydrogens (tertiary/aromatic N) is 1. The Labute approximate surface area is 182 Å². The Kier molecular flexibility index (Phi) is 5.69. The van der Waals surface area contributed by atoms with Gasteiger partial charge in [-0.2, -0.15) is 0 Å². The van der Waals surface area contributed by atoms with Gasteiger partial charge in [0, 0.05) is 0 Å². The highest BCUT2D eigenvalue weighted by molar-refractivity contribution is 7.92. The van der Waals surface area contributed by atoms with Crippen LogP contribution in [0.1, 0.15) is 24.1 Å². The highest BCUT2D eigenvalue weighted by Crippen LogP contribution is 2.37. The van der Waals surface area contributed by atoms with Gasteiger partial charge in [0.15, 0.2) is 6.10 Å². The Hall–Kier alpha value is -3.32. The Morgan fingerprint density at radius 1 is 1.00 bits per heavy atom. The van der Waals surface area contributed by atoms with Crippen molar-refractivity contribution < 1.29 is 17.9 Å². The summed E-state index contributed by atoms with van der Waals surface area (Å²) in [5.41, 5.74) is 2.34. The third-order valence-corrected chi connectivity index (χ3v) is 7.09. The fourth-order valence-corrected chi connectivity index (χ4v) is 5.01. The maximum absolute atomic E-state index is 13.4. The number of aryl methyl sites for hydroxylation is 1. The van der Waals surface area contributed by atoms with E-state index in [1.807, 2.05) is 44.2 Å². The zero-order chi connectivity index (χ0) is 22.0. The Bertz CT molecular complexity index is 1180. The van der Waals surface area contributed by atoms with Crippen molar-refractivity contribution in [2.24, 2.45) is 0 Å². The molecule has 0 bridgehead atoms. The number of ether oxygens (including phenoxy) is 1. The molecule has 3 aromatic carbocycles. The second-order valence-corrected chi connectivity index (χ2v) is 9.43. The van der Waals surface area contributed by atoms with E-state index in [0.29, 0.717) is 11.4 Å². The molecule has 6 nitrogen and oxygen atoms in total. The molecular weight excluding hydrogens is 412 g/mol. The number of amides is 1. The van der Waals surface area contributed by atoms with Gasteiger partial charge in [0.1, 0.15) is 5.75 Å². The van der Waals surface area contributed by atoms with Crippen LogP contribution < -0.4 is 14.4 Å². The molecule has 1 amide bonds. The zero-order valence-electron chi connectivity index (χ0n) is 17.4. The average Bonchev–Trinajstić information content (AvgIpc) is 2.79. The van der Waals surface area contributed by atoms with Gasteiger partial charge >= 0.3 is 0 Å². The highest BCUT2D eigenvalue weighted by atomic mass is 32.2.